The van der Waals surface area contributed by atoms with Crippen LogP contribution in [0.15, 0.2) is 46.1 Å². The van der Waals surface area contributed by atoms with Crippen LogP contribution in [0.25, 0.3) is 0 Å². The molecule has 0 aliphatic carbocycles. The number of aromatic amines is 1. The summed E-state index contributed by atoms with van der Waals surface area (Å²) >= 11 is 0. The van der Waals surface area contributed by atoms with Gasteiger partial charge in [-0.3, -0.25) is 23.7 Å². The van der Waals surface area contributed by atoms with E-state index in [-0.39, 0.29) is 12.2 Å². The van der Waals surface area contributed by atoms with Crippen molar-refractivity contribution in [2.45, 2.75) is 51.4 Å². The molecule has 1 aromatic carbocycles. The van der Waals surface area contributed by atoms with E-state index >= 15 is 0 Å². The van der Waals surface area contributed by atoms with Gasteiger partial charge in [-0.2, -0.15) is 4.39 Å². The molecule has 0 saturated heterocycles. The van der Waals surface area contributed by atoms with Gasteiger partial charge in [0.1, 0.15) is 18.0 Å². The van der Waals surface area contributed by atoms with Gasteiger partial charge in [0.25, 0.3) is 5.56 Å². The highest BCUT2D eigenvalue weighted by atomic mass is 31.2. The Bertz CT molecular complexity index is 1190. The highest BCUT2D eigenvalue weighted by Gasteiger charge is 2.35. The summed E-state index contributed by atoms with van der Waals surface area (Å²) in [7, 11) is -0.0424. The van der Waals surface area contributed by atoms with Crippen LogP contribution in [0.4, 0.5) is 4.39 Å². The summed E-state index contributed by atoms with van der Waals surface area (Å²) in [5.74, 6) is -1.62. The van der Waals surface area contributed by atoms with Crippen molar-refractivity contribution in [2.24, 2.45) is 0 Å². The minimum Gasteiger partial charge on any atom is -0.458 e. The predicted molar refractivity (Wildman–Crippen MR) is 133 cm³/mol. The number of hydrogen-bond donors (Lipinski definition) is 2. The van der Waals surface area contributed by atoms with E-state index < -0.39 is 68.5 Å². The Balaban J connectivity index is 2.32. The van der Waals surface area contributed by atoms with E-state index in [0.717, 1.165) is 4.57 Å². The maximum Gasteiger partial charge on any atom is 0.459 e. The molecule has 0 fully saturated rings. The summed E-state index contributed by atoms with van der Waals surface area (Å²) in [6, 6.07) is 7.57. The second-order valence-electron chi connectivity index (χ2n) is 8.00. The zero-order valence-corrected chi connectivity index (χ0v) is 22.6. The number of carbonyl (C=O) groups excluding carboxylic acids is 1. The average molecular weight is 562 g/mol. The van der Waals surface area contributed by atoms with E-state index in [0.29, 0.717) is 6.20 Å². The molecule has 13 nitrogen and oxygen atoms in total. The Kier molecular flexibility index (Phi) is 12.3. The number of benzene rings is 1. The van der Waals surface area contributed by atoms with Crippen LogP contribution in [0.2, 0.25) is 0 Å². The van der Waals surface area contributed by atoms with Crippen molar-refractivity contribution in [2.75, 3.05) is 27.9 Å². The lowest BCUT2D eigenvalue weighted by Gasteiger charge is -2.30. The average Bonchev–Trinajstić information content (AvgIpc) is 2.88. The largest absolute Gasteiger partial charge is 0.459 e. The smallest absolute Gasteiger partial charge is 0.458 e. The summed E-state index contributed by atoms with van der Waals surface area (Å²) in [6.07, 6.45) is -2.43. The van der Waals surface area contributed by atoms with Crippen molar-refractivity contribution >= 4 is 13.7 Å². The van der Waals surface area contributed by atoms with Crippen LogP contribution < -0.4 is 20.9 Å². The van der Waals surface area contributed by atoms with E-state index in [4.69, 9.17) is 28.0 Å². The number of esters is 1. The number of rotatable bonds is 16. The number of H-pyrrole nitrogens is 1. The lowest BCUT2D eigenvalue weighted by atomic mass is 10.2. The molecule has 0 aliphatic heterocycles. The maximum absolute atomic E-state index is 13.8. The van der Waals surface area contributed by atoms with E-state index in [1.165, 1.54) is 21.3 Å². The number of para-hydroxylation sites is 1. The van der Waals surface area contributed by atoms with Gasteiger partial charge in [0.2, 0.25) is 5.82 Å². The molecule has 1 unspecified atom stereocenters. The molecule has 0 saturated carbocycles. The van der Waals surface area contributed by atoms with Gasteiger partial charge >= 0.3 is 19.4 Å². The molecule has 0 bridgehead atoms. The number of aromatic nitrogens is 2. The minimum absolute atomic E-state index is 0.00716. The van der Waals surface area contributed by atoms with E-state index in [2.05, 4.69) is 5.09 Å². The fraction of sp³-hybridized carbons (Fsp3) is 0.522. The van der Waals surface area contributed by atoms with Gasteiger partial charge in [-0.05, 0) is 19.1 Å². The van der Waals surface area contributed by atoms with E-state index in [1.807, 2.05) is 4.98 Å². The van der Waals surface area contributed by atoms with Crippen LogP contribution >= 0.6 is 7.75 Å². The molecule has 0 amide bonds. The lowest BCUT2D eigenvalue weighted by Crippen LogP contribution is -2.44. The van der Waals surface area contributed by atoms with Crippen LogP contribution in [0.3, 0.4) is 0 Å². The van der Waals surface area contributed by atoms with Gasteiger partial charge in [0.05, 0.1) is 25.4 Å². The molecular formula is C23H33FN3O10P. The highest BCUT2D eigenvalue weighted by Crippen LogP contribution is 2.45. The molecule has 2 N–H and O–H groups in total. The Morgan fingerprint density at radius 1 is 1.11 bits per heavy atom. The number of carbonyl (C=O) groups is 1. The van der Waals surface area contributed by atoms with Crippen molar-refractivity contribution < 1.29 is 41.7 Å². The molecule has 15 heteroatoms. The van der Waals surface area contributed by atoms with Gasteiger partial charge in [0, 0.05) is 27.8 Å². The molecule has 2 rings (SSSR count). The monoisotopic (exact) mass is 561 g/mol. The van der Waals surface area contributed by atoms with E-state index in [1.54, 1.807) is 44.2 Å². The maximum atomic E-state index is 13.8. The summed E-state index contributed by atoms with van der Waals surface area (Å²) in [4.78, 5) is 37.5. The van der Waals surface area contributed by atoms with Gasteiger partial charge in [-0.1, -0.05) is 25.1 Å². The van der Waals surface area contributed by atoms with Crippen molar-refractivity contribution in [1.82, 2.24) is 14.6 Å². The predicted octanol–water partition coefficient (Wildman–Crippen LogP) is 1.81. The number of ether oxygens (including phenoxy) is 4. The molecular weight excluding hydrogens is 528 g/mol. The second-order valence-corrected chi connectivity index (χ2v) is 9.69. The van der Waals surface area contributed by atoms with Crippen molar-refractivity contribution in [3.05, 3.63) is 63.2 Å². The first-order chi connectivity index (χ1) is 18.0. The zero-order valence-electron chi connectivity index (χ0n) is 21.7. The van der Waals surface area contributed by atoms with Crippen molar-refractivity contribution in [3.63, 3.8) is 0 Å². The molecule has 1 heterocycles. The van der Waals surface area contributed by atoms with Gasteiger partial charge in [0.15, 0.2) is 6.29 Å². The van der Waals surface area contributed by atoms with Crippen LogP contribution in [-0.4, -0.2) is 68.0 Å². The number of nitrogens with one attached hydrogen (secondary N) is 2. The Labute approximate surface area is 218 Å². The lowest BCUT2D eigenvalue weighted by molar-refractivity contribution is -0.158. The van der Waals surface area contributed by atoms with Gasteiger partial charge in [-0.25, -0.2) is 14.4 Å². The summed E-state index contributed by atoms with van der Waals surface area (Å²) in [5, 5.41) is 2.74. The summed E-state index contributed by atoms with van der Waals surface area (Å²) in [6.45, 7) is 2.34. The Morgan fingerprint density at radius 3 is 2.34 bits per heavy atom. The van der Waals surface area contributed by atoms with Crippen LogP contribution in [0, 0.1) is 5.82 Å². The number of halogens is 1. The molecule has 38 heavy (non-hydrogen) atoms. The second kappa shape index (κ2) is 14.9. The number of methoxy groups -OCH3 is 3. The van der Waals surface area contributed by atoms with Gasteiger partial charge < -0.3 is 23.5 Å². The SMILES string of the molecule is CCC(=O)O[C@@H](Cn1cc(F)c(=O)[nH]c1=O)[C@@H](COP(=O)(N[C@@H](C)C(OC)OC)Oc1ccccc1)OC. The summed E-state index contributed by atoms with van der Waals surface area (Å²) in [5.41, 5.74) is -2.12. The molecule has 0 spiro atoms. The first kappa shape index (κ1) is 31.3. The standard InChI is InChI=1S/C23H33FN3O10P/c1-6-20(28)36-18(13-27-12-17(24)21(29)25-23(27)30)19(32-3)14-35-38(31,26-15(2)22(33-4)34-5)37-16-10-8-7-9-11-16/h7-12,15,18-19,22H,6,13-14H2,1-5H3,(H,26,31)(H,25,29,30)/t15-,18-,19+,38?/m0/s1. The molecule has 1 aromatic heterocycles. The van der Waals surface area contributed by atoms with Crippen LogP contribution in [0.1, 0.15) is 20.3 Å². The molecule has 0 radical (unpaired) electrons. The molecule has 4 atom stereocenters. The highest BCUT2D eigenvalue weighted by molar-refractivity contribution is 7.52. The van der Waals surface area contributed by atoms with Crippen LogP contribution in [-0.2, 0) is 39.4 Å². The van der Waals surface area contributed by atoms with Crippen molar-refractivity contribution in [1.29, 1.82) is 0 Å². The Morgan fingerprint density at radius 2 is 1.76 bits per heavy atom. The topological polar surface area (TPSA) is 156 Å². The van der Waals surface area contributed by atoms with Crippen molar-refractivity contribution in [3.8, 4) is 5.75 Å². The third-order valence-corrected chi connectivity index (χ3v) is 6.91. The summed E-state index contributed by atoms with van der Waals surface area (Å²) < 4.78 is 61.0. The fourth-order valence-electron chi connectivity index (χ4n) is 3.32. The quantitative estimate of drug-likeness (QED) is 0.175. The number of hydrogen-bond acceptors (Lipinski definition) is 10. The first-order valence-electron chi connectivity index (χ1n) is 11.6. The molecule has 212 valence electrons. The Hall–Kier alpha value is -2.87. The third kappa shape index (κ3) is 9.15. The van der Waals surface area contributed by atoms with E-state index in [9.17, 15) is 23.3 Å². The van der Waals surface area contributed by atoms with Crippen LogP contribution in [0.5, 0.6) is 5.75 Å². The molecule has 0 aliphatic rings. The number of nitrogens with zero attached hydrogens (tertiary/aromatic N) is 1. The molecule has 2 aromatic rings. The zero-order chi connectivity index (χ0) is 28.3. The normalized spacial score (nSPS) is 15.4. The fourth-order valence-corrected chi connectivity index (χ4v) is 4.86. The third-order valence-electron chi connectivity index (χ3n) is 5.25. The first-order valence-corrected chi connectivity index (χ1v) is 13.1. The minimum atomic E-state index is -4.14. The van der Waals surface area contributed by atoms with Gasteiger partial charge in [-0.15, -0.1) is 0 Å².